The summed E-state index contributed by atoms with van der Waals surface area (Å²) in [5.41, 5.74) is 2.77. The Balaban J connectivity index is 1.68. The molecular weight excluding hydrogens is 504 g/mol. The van der Waals surface area contributed by atoms with Crippen molar-refractivity contribution in [2.75, 3.05) is 5.32 Å². The molecule has 0 spiro atoms. The Morgan fingerprint density at radius 2 is 1.85 bits per heavy atom. The molecule has 3 N–H and O–H groups in total. The highest BCUT2D eigenvalue weighted by atomic mass is 19.1. The number of carbonyl (C=O) groups is 3. The summed E-state index contributed by atoms with van der Waals surface area (Å²) in [6, 6.07) is 8.19. The first-order valence-corrected chi connectivity index (χ1v) is 13.1. The van der Waals surface area contributed by atoms with Crippen LogP contribution in [0.1, 0.15) is 74.7 Å². The second-order valence-corrected chi connectivity index (χ2v) is 9.86. The van der Waals surface area contributed by atoms with Crippen LogP contribution < -0.4 is 5.32 Å². The number of hydrogen-bond acceptors (Lipinski definition) is 3. The zero-order valence-electron chi connectivity index (χ0n) is 21.7. The quantitative estimate of drug-likeness (QED) is 0.229. The average Bonchev–Trinajstić information content (AvgIpc) is 3.27. The van der Waals surface area contributed by atoms with Gasteiger partial charge in [0.05, 0.1) is 11.6 Å². The number of terminal acetylenes is 1. The van der Waals surface area contributed by atoms with Gasteiger partial charge in [0.1, 0.15) is 11.6 Å². The number of fused-ring (bicyclic) bond motifs is 3. The number of unbranched alkanes of at least 4 members (excludes halogenated alkanes) is 2. The number of amides is 2. The molecule has 2 amide bonds. The minimum absolute atomic E-state index is 0.0157. The number of benzene rings is 2. The summed E-state index contributed by atoms with van der Waals surface area (Å²) < 4.78 is 29.0. The van der Waals surface area contributed by atoms with E-state index in [2.05, 4.69) is 23.1 Å². The summed E-state index contributed by atoms with van der Waals surface area (Å²) in [7, 11) is 0. The maximum Gasteiger partial charge on any atom is 0.303 e. The predicted octanol–water partition coefficient (Wildman–Crippen LogP) is 5.70. The Hall–Kier alpha value is -4.19. The molecule has 204 valence electrons. The van der Waals surface area contributed by atoms with E-state index in [0.29, 0.717) is 48.0 Å². The lowest BCUT2D eigenvalue weighted by Crippen LogP contribution is -2.47. The molecule has 0 bridgehead atoms. The lowest BCUT2D eigenvalue weighted by molar-refractivity contribution is -0.137. The standard InChI is InChI=1S/C30H31F2N3O4/c1-3-5-8-21-17-23-22-15-19(31)16-24(32)28(22)34-29(23)30(35(21)26(37)4-2)18-11-13-20(14-12-18)33-25(36)9-6-7-10-27(38)39/h2,11-16,21,30,34H,3,5-10,17H2,1H3,(H,33,36)(H,38,39)/t21-,30-/m0/s1. The molecule has 0 unspecified atom stereocenters. The van der Waals surface area contributed by atoms with Gasteiger partial charge in [0, 0.05) is 41.7 Å². The van der Waals surface area contributed by atoms with Gasteiger partial charge in [0.25, 0.3) is 5.91 Å². The summed E-state index contributed by atoms with van der Waals surface area (Å²) in [5, 5.41) is 12.0. The number of hydrogen-bond donors (Lipinski definition) is 3. The lowest BCUT2D eigenvalue weighted by atomic mass is 9.86. The number of carboxylic acid groups (broad SMARTS) is 1. The maximum absolute atomic E-state index is 14.8. The van der Waals surface area contributed by atoms with Gasteiger partial charge in [-0.1, -0.05) is 31.9 Å². The van der Waals surface area contributed by atoms with Crippen molar-refractivity contribution in [2.45, 2.75) is 70.4 Å². The van der Waals surface area contributed by atoms with Gasteiger partial charge in [-0.15, -0.1) is 6.42 Å². The number of anilines is 1. The van der Waals surface area contributed by atoms with Crippen molar-refractivity contribution in [1.82, 2.24) is 9.88 Å². The molecule has 0 saturated heterocycles. The Morgan fingerprint density at radius 3 is 2.51 bits per heavy atom. The Kier molecular flexibility index (Phi) is 8.65. The highest BCUT2D eigenvalue weighted by Crippen LogP contribution is 2.42. The summed E-state index contributed by atoms with van der Waals surface area (Å²) in [6.07, 6.45) is 9.52. The van der Waals surface area contributed by atoms with E-state index in [-0.39, 0.29) is 30.3 Å². The number of halogens is 2. The number of aromatic nitrogens is 1. The van der Waals surface area contributed by atoms with Crippen LogP contribution in [0.5, 0.6) is 0 Å². The largest absolute Gasteiger partial charge is 0.481 e. The molecule has 4 rings (SSSR count). The number of H-pyrrole nitrogens is 1. The van der Waals surface area contributed by atoms with Crippen molar-refractivity contribution in [3.63, 3.8) is 0 Å². The molecule has 0 fully saturated rings. The first-order chi connectivity index (χ1) is 18.7. The Morgan fingerprint density at radius 1 is 1.13 bits per heavy atom. The fraction of sp³-hybridized carbons (Fsp3) is 0.367. The van der Waals surface area contributed by atoms with E-state index in [4.69, 9.17) is 11.5 Å². The van der Waals surface area contributed by atoms with Crippen molar-refractivity contribution in [3.05, 3.63) is 64.9 Å². The van der Waals surface area contributed by atoms with Gasteiger partial charge in [0.2, 0.25) is 5.91 Å². The van der Waals surface area contributed by atoms with E-state index in [1.807, 2.05) is 0 Å². The minimum Gasteiger partial charge on any atom is -0.481 e. The van der Waals surface area contributed by atoms with Crippen molar-refractivity contribution in [2.24, 2.45) is 0 Å². The van der Waals surface area contributed by atoms with Gasteiger partial charge in [-0.2, -0.15) is 0 Å². The summed E-state index contributed by atoms with van der Waals surface area (Å²) in [4.78, 5) is 40.8. The molecule has 0 saturated carbocycles. The van der Waals surface area contributed by atoms with E-state index < -0.39 is 29.6 Å². The maximum atomic E-state index is 14.8. The number of nitrogens with one attached hydrogen (secondary N) is 2. The van der Waals surface area contributed by atoms with E-state index in [0.717, 1.165) is 24.5 Å². The van der Waals surface area contributed by atoms with Crippen LogP contribution >= 0.6 is 0 Å². The Bertz CT molecular complexity index is 1420. The van der Waals surface area contributed by atoms with E-state index in [1.165, 1.54) is 6.07 Å². The summed E-state index contributed by atoms with van der Waals surface area (Å²) in [5.74, 6) is -0.757. The third-order valence-electron chi connectivity index (χ3n) is 7.15. The SMILES string of the molecule is C#CC(=O)N1[C@@H](CCCC)Cc2c([nH]c3c(F)cc(F)cc23)[C@@H]1c1ccc(NC(=O)CCCCC(=O)O)cc1. The van der Waals surface area contributed by atoms with E-state index in [9.17, 15) is 23.2 Å². The van der Waals surface area contributed by atoms with Crippen LogP contribution in [0.25, 0.3) is 10.9 Å². The van der Waals surface area contributed by atoms with Crippen molar-refractivity contribution >= 4 is 34.4 Å². The number of aromatic amines is 1. The van der Waals surface area contributed by atoms with Crippen molar-refractivity contribution in [3.8, 4) is 12.3 Å². The van der Waals surface area contributed by atoms with Crippen LogP contribution in [0.15, 0.2) is 36.4 Å². The first-order valence-electron chi connectivity index (χ1n) is 13.1. The summed E-state index contributed by atoms with van der Waals surface area (Å²) in [6.45, 7) is 2.05. The van der Waals surface area contributed by atoms with Gasteiger partial charge in [-0.3, -0.25) is 14.4 Å². The van der Waals surface area contributed by atoms with Crippen molar-refractivity contribution < 1.29 is 28.3 Å². The molecule has 2 aromatic carbocycles. The highest BCUT2D eigenvalue weighted by molar-refractivity contribution is 5.95. The monoisotopic (exact) mass is 535 g/mol. The van der Waals surface area contributed by atoms with Gasteiger partial charge in [-0.25, -0.2) is 8.78 Å². The Labute approximate surface area is 225 Å². The normalized spacial score (nSPS) is 16.5. The van der Waals surface area contributed by atoms with Crippen LogP contribution in [0, 0.1) is 24.0 Å². The third-order valence-corrected chi connectivity index (χ3v) is 7.15. The number of carboxylic acids is 1. The average molecular weight is 536 g/mol. The predicted molar refractivity (Wildman–Crippen MR) is 144 cm³/mol. The molecule has 2 atom stereocenters. The molecule has 7 nitrogen and oxygen atoms in total. The van der Waals surface area contributed by atoms with Crippen molar-refractivity contribution in [1.29, 1.82) is 0 Å². The van der Waals surface area contributed by atoms with Gasteiger partial charge in [-0.05, 0) is 60.9 Å². The fourth-order valence-electron chi connectivity index (χ4n) is 5.33. The minimum atomic E-state index is -0.894. The van der Waals surface area contributed by atoms with E-state index >= 15 is 0 Å². The summed E-state index contributed by atoms with van der Waals surface area (Å²) >= 11 is 0. The fourth-order valence-corrected chi connectivity index (χ4v) is 5.33. The van der Waals surface area contributed by atoms with Gasteiger partial charge < -0.3 is 20.3 Å². The molecule has 3 aromatic rings. The molecule has 0 aliphatic carbocycles. The van der Waals surface area contributed by atoms with Crippen LogP contribution in [-0.2, 0) is 20.8 Å². The van der Waals surface area contributed by atoms with Crippen LogP contribution in [0.2, 0.25) is 0 Å². The smallest absolute Gasteiger partial charge is 0.303 e. The van der Waals surface area contributed by atoms with Gasteiger partial charge >= 0.3 is 5.97 Å². The molecule has 1 aromatic heterocycles. The van der Waals surface area contributed by atoms with Crippen LogP contribution in [0.4, 0.5) is 14.5 Å². The molecule has 9 heteroatoms. The number of rotatable bonds is 10. The van der Waals surface area contributed by atoms with Gasteiger partial charge in [0.15, 0.2) is 0 Å². The lowest BCUT2D eigenvalue weighted by Gasteiger charge is -2.41. The zero-order valence-corrected chi connectivity index (χ0v) is 21.7. The topological polar surface area (TPSA) is 103 Å². The number of carbonyl (C=O) groups excluding carboxylic acids is 2. The third kappa shape index (κ3) is 6.11. The van der Waals surface area contributed by atoms with E-state index in [1.54, 1.807) is 29.2 Å². The zero-order chi connectivity index (χ0) is 28.1. The highest BCUT2D eigenvalue weighted by Gasteiger charge is 2.40. The second-order valence-electron chi connectivity index (χ2n) is 9.86. The molecule has 1 aliphatic heterocycles. The van der Waals surface area contributed by atoms with Crippen LogP contribution in [-0.4, -0.2) is 38.8 Å². The first kappa shape index (κ1) is 27.8. The molecule has 0 radical (unpaired) electrons. The molecular formula is C30H31F2N3O4. The number of nitrogens with zero attached hydrogens (tertiary/aromatic N) is 1. The molecule has 2 heterocycles. The molecule has 1 aliphatic rings. The molecule has 39 heavy (non-hydrogen) atoms. The second kappa shape index (κ2) is 12.1. The number of aliphatic carboxylic acids is 1. The van der Waals surface area contributed by atoms with Crippen LogP contribution in [0.3, 0.4) is 0 Å².